The molecule has 0 aliphatic heterocycles. The molecule has 0 radical (unpaired) electrons. The maximum absolute atomic E-state index is 13.7. The molecule has 6 nitrogen and oxygen atoms in total. The van der Waals surface area contributed by atoms with E-state index in [9.17, 15) is 18.8 Å². The third kappa shape index (κ3) is 5.14. The van der Waals surface area contributed by atoms with Crippen LogP contribution in [0.4, 0.5) is 4.39 Å². The second-order valence-electron chi connectivity index (χ2n) is 7.34. The molecule has 1 atom stereocenters. The lowest BCUT2D eigenvalue weighted by Gasteiger charge is -2.19. The molecule has 1 amide bonds. The van der Waals surface area contributed by atoms with E-state index in [1.165, 1.54) is 29.7 Å². The van der Waals surface area contributed by atoms with Crippen molar-refractivity contribution in [3.8, 4) is 5.69 Å². The number of rotatable bonds is 7. The quantitative estimate of drug-likeness (QED) is 0.425. The number of nitrogens with one attached hydrogen (secondary N) is 1. The fourth-order valence-corrected chi connectivity index (χ4v) is 4.14. The predicted molar refractivity (Wildman–Crippen MR) is 120 cm³/mol. The van der Waals surface area contributed by atoms with Gasteiger partial charge in [0.1, 0.15) is 5.82 Å². The summed E-state index contributed by atoms with van der Waals surface area (Å²) in [7, 11) is 0. The van der Waals surface area contributed by atoms with Crippen LogP contribution in [0.25, 0.3) is 16.6 Å². The van der Waals surface area contributed by atoms with Crippen LogP contribution in [0.5, 0.6) is 0 Å². The lowest BCUT2D eigenvalue weighted by molar-refractivity contribution is -0.126. The van der Waals surface area contributed by atoms with Crippen molar-refractivity contribution in [3.05, 3.63) is 63.7 Å². The van der Waals surface area contributed by atoms with Crippen LogP contribution in [-0.4, -0.2) is 33.0 Å². The van der Waals surface area contributed by atoms with Crippen LogP contribution in [0, 0.1) is 11.7 Å². The Balaban J connectivity index is 1.99. The van der Waals surface area contributed by atoms with Gasteiger partial charge in [-0.1, -0.05) is 49.3 Å². The molecule has 0 aliphatic carbocycles. The van der Waals surface area contributed by atoms with Gasteiger partial charge in [0.15, 0.2) is 10.9 Å². The molecule has 9 heteroatoms. The average molecular weight is 462 g/mol. The van der Waals surface area contributed by atoms with E-state index in [1.54, 1.807) is 24.3 Å². The van der Waals surface area contributed by atoms with Crippen LogP contribution < -0.4 is 10.9 Å². The van der Waals surface area contributed by atoms with Crippen molar-refractivity contribution in [2.45, 2.75) is 32.0 Å². The number of thioether (sulfide) groups is 1. The zero-order chi connectivity index (χ0) is 22.7. The molecule has 2 aromatic carbocycles. The van der Waals surface area contributed by atoms with Crippen molar-refractivity contribution in [3.63, 3.8) is 0 Å². The molecule has 1 unspecified atom stereocenters. The number of amides is 1. The number of carbonyl (C=O) groups excluding carboxylic acids is 2. The number of halogens is 2. The summed E-state index contributed by atoms with van der Waals surface area (Å²) in [6, 6.07) is 10.2. The number of benzene rings is 2. The van der Waals surface area contributed by atoms with Crippen LogP contribution in [0.2, 0.25) is 5.02 Å². The minimum absolute atomic E-state index is 0.0511. The van der Waals surface area contributed by atoms with E-state index in [0.717, 1.165) is 11.8 Å². The van der Waals surface area contributed by atoms with Gasteiger partial charge in [0, 0.05) is 0 Å². The van der Waals surface area contributed by atoms with E-state index in [2.05, 4.69) is 10.3 Å². The van der Waals surface area contributed by atoms with Crippen molar-refractivity contribution in [1.82, 2.24) is 14.9 Å². The van der Waals surface area contributed by atoms with Crippen LogP contribution in [0.15, 0.2) is 52.4 Å². The molecular formula is C22H21ClFN3O3S. The molecule has 162 valence electrons. The predicted octanol–water partition coefficient (Wildman–Crippen LogP) is 4.00. The summed E-state index contributed by atoms with van der Waals surface area (Å²) in [5, 5.41) is 3.22. The molecule has 3 rings (SSSR count). The highest BCUT2D eigenvalue weighted by atomic mass is 35.5. The summed E-state index contributed by atoms with van der Waals surface area (Å²) in [4.78, 5) is 41.9. The first-order chi connectivity index (χ1) is 14.7. The van der Waals surface area contributed by atoms with Gasteiger partial charge in [0.25, 0.3) is 5.56 Å². The molecule has 31 heavy (non-hydrogen) atoms. The molecule has 0 aliphatic rings. The molecule has 1 heterocycles. The summed E-state index contributed by atoms with van der Waals surface area (Å²) in [6.45, 7) is 5.12. The number of ketones is 1. The zero-order valence-electron chi connectivity index (χ0n) is 17.2. The van der Waals surface area contributed by atoms with Gasteiger partial charge in [-0.3, -0.25) is 19.0 Å². The second-order valence-corrected chi connectivity index (χ2v) is 8.69. The van der Waals surface area contributed by atoms with Gasteiger partial charge in [-0.15, -0.1) is 0 Å². The molecule has 3 aromatic rings. The van der Waals surface area contributed by atoms with E-state index in [0.29, 0.717) is 16.6 Å². The lowest BCUT2D eigenvalue weighted by Crippen LogP contribution is -2.44. The Morgan fingerprint density at radius 2 is 1.94 bits per heavy atom. The highest BCUT2D eigenvalue weighted by Crippen LogP contribution is 2.24. The summed E-state index contributed by atoms with van der Waals surface area (Å²) < 4.78 is 15.0. The number of para-hydroxylation sites is 1. The number of aromatic nitrogens is 2. The van der Waals surface area contributed by atoms with E-state index in [-0.39, 0.29) is 39.1 Å². The van der Waals surface area contributed by atoms with E-state index >= 15 is 0 Å². The first kappa shape index (κ1) is 23.0. The summed E-state index contributed by atoms with van der Waals surface area (Å²) >= 11 is 6.96. The van der Waals surface area contributed by atoms with Gasteiger partial charge in [-0.2, -0.15) is 0 Å². The Bertz CT molecular complexity index is 1210. The number of fused-ring (bicyclic) bond motifs is 1. The zero-order valence-corrected chi connectivity index (χ0v) is 18.8. The molecular weight excluding hydrogens is 441 g/mol. The molecule has 1 aromatic heterocycles. The van der Waals surface area contributed by atoms with Crippen molar-refractivity contribution in [2.75, 3.05) is 5.75 Å². The van der Waals surface area contributed by atoms with Gasteiger partial charge in [-0.25, -0.2) is 9.37 Å². The SMILES string of the molecule is CC(=O)C(NC(=O)CSc1nc2ccccc2c(=O)n1-c1ccc(F)c(Cl)c1)C(C)C. The molecule has 0 bridgehead atoms. The number of Topliss-reactive ketones (excluding diaryl/α,β-unsaturated/α-hetero) is 1. The molecule has 0 spiro atoms. The Hall–Kier alpha value is -2.71. The molecule has 0 saturated heterocycles. The van der Waals surface area contributed by atoms with E-state index in [4.69, 9.17) is 11.6 Å². The molecule has 1 N–H and O–H groups in total. The van der Waals surface area contributed by atoms with Crippen molar-refractivity contribution in [2.24, 2.45) is 5.92 Å². The Kier molecular flexibility index (Phi) is 7.12. The topological polar surface area (TPSA) is 81.1 Å². The fourth-order valence-electron chi connectivity index (χ4n) is 3.14. The number of carbonyl (C=O) groups is 2. The summed E-state index contributed by atoms with van der Waals surface area (Å²) in [5.74, 6) is -1.20. The largest absolute Gasteiger partial charge is 0.345 e. The molecule has 0 saturated carbocycles. The normalized spacial score (nSPS) is 12.2. The van der Waals surface area contributed by atoms with Crippen molar-refractivity contribution < 1.29 is 14.0 Å². The average Bonchev–Trinajstić information content (AvgIpc) is 2.72. The first-order valence-electron chi connectivity index (χ1n) is 9.59. The minimum Gasteiger partial charge on any atom is -0.345 e. The van der Waals surface area contributed by atoms with Crippen molar-refractivity contribution >= 4 is 46.0 Å². The lowest BCUT2D eigenvalue weighted by atomic mass is 10.0. The number of hydrogen-bond acceptors (Lipinski definition) is 5. The fraction of sp³-hybridized carbons (Fsp3) is 0.273. The van der Waals surface area contributed by atoms with Crippen LogP contribution in [-0.2, 0) is 9.59 Å². The first-order valence-corrected chi connectivity index (χ1v) is 10.9. The van der Waals surface area contributed by atoms with Crippen LogP contribution in [0.1, 0.15) is 20.8 Å². The minimum atomic E-state index is -0.607. The van der Waals surface area contributed by atoms with Gasteiger partial charge in [-0.05, 0) is 43.2 Å². The molecule has 0 fully saturated rings. The monoisotopic (exact) mass is 461 g/mol. The summed E-state index contributed by atoms with van der Waals surface area (Å²) in [6.07, 6.45) is 0. The summed E-state index contributed by atoms with van der Waals surface area (Å²) in [5.41, 5.74) is 0.449. The van der Waals surface area contributed by atoms with E-state index < -0.39 is 11.9 Å². The maximum Gasteiger partial charge on any atom is 0.266 e. The van der Waals surface area contributed by atoms with Gasteiger partial charge in [0.2, 0.25) is 5.91 Å². The standard InChI is InChI=1S/C22H21ClFN3O3S/c1-12(2)20(13(3)28)26-19(29)11-31-22-25-18-7-5-4-6-15(18)21(30)27(22)14-8-9-17(24)16(23)10-14/h4-10,12,20H,11H2,1-3H3,(H,26,29). The number of nitrogens with zero attached hydrogens (tertiary/aromatic N) is 2. The number of hydrogen-bond donors (Lipinski definition) is 1. The van der Waals surface area contributed by atoms with Gasteiger partial charge < -0.3 is 5.32 Å². The highest BCUT2D eigenvalue weighted by molar-refractivity contribution is 7.99. The van der Waals surface area contributed by atoms with Gasteiger partial charge in [0.05, 0.1) is 33.4 Å². The third-order valence-corrected chi connectivity index (χ3v) is 5.89. The Morgan fingerprint density at radius 1 is 1.23 bits per heavy atom. The van der Waals surface area contributed by atoms with Crippen LogP contribution >= 0.6 is 23.4 Å². The van der Waals surface area contributed by atoms with Gasteiger partial charge >= 0.3 is 0 Å². The van der Waals surface area contributed by atoms with Crippen molar-refractivity contribution in [1.29, 1.82) is 0 Å². The highest BCUT2D eigenvalue weighted by Gasteiger charge is 2.21. The Labute approximate surface area is 187 Å². The second kappa shape index (κ2) is 9.62. The Morgan fingerprint density at radius 3 is 2.58 bits per heavy atom. The maximum atomic E-state index is 13.7. The smallest absolute Gasteiger partial charge is 0.266 e. The van der Waals surface area contributed by atoms with E-state index in [1.807, 2.05) is 13.8 Å². The third-order valence-electron chi connectivity index (χ3n) is 4.66. The van der Waals surface area contributed by atoms with Crippen LogP contribution in [0.3, 0.4) is 0 Å².